The summed E-state index contributed by atoms with van der Waals surface area (Å²) in [6.07, 6.45) is 1.18. The van der Waals surface area contributed by atoms with E-state index in [4.69, 9.17) is 0 Å². The van der Waals surface area contributed by atoms with Gasteiger partial charge in [-0.15, -0.1) is 0 Å². The smallest absolute Gasteiger partial charge is 0.319 e. The standard InChI is InChI=1S/C16H22N2O3/c1-10-8-11(10)9-17-15(21)18-13-6-4-12(5-7-13)16(2,3)14(19)20/h4-7,10-11H,8-9H2,1-3H3,(H,19,20)(H2,17,18,21). The average molecular weight is 290 g/mol. The molecule has 2 rings (SSSR count). The molecule has 0 aromatic heterocycles. The van der Waals surface area contributed by atoms with Crippen molar-refractivity contribution < 1.29 is 14.7 Å². The third-order valence-corrected chi connectivity index (χ3v) is 4.20. The number of anilines is 1. The lowest BCUT2D eigenvalue weighted by atomic mass is 9.85. The van der Waals surface area contributed by atoms with Crippen molar-refractivity contribution in [2.45, 2.75) is 32.6 Å². The van der Waals surface area contributed by atoms with Crippen molar-refractivity contribution in [2.24, 2.45) is 11.8 Å². The number of nitrogens with one attached hydrogen (secondary N) is 2. The second-order valence-corrected chi connectivity index (χ2v) is 6.32. The van der Waals surface area contributed by atoms with Gasteiger partial charge < -0.3 is 15.7 Å². The number of carbonyl (C=O) groups is 2. The van der Waals surface area contributed by atoms with Crippen LogP contribution in [0.3, 0.4) is 0 Å². The third-order valence-electron chi connectivity index (χ3n) is 4.20. The van der Waals surface area contributed by atoms with E-state index in [-0.39, 0.29) is 6.03 Å². The Morgan fingerprint density at radius 3 is 2.33 bits per heavy atom. The molecule has 1 aromatic carbocycles. The molecular formula is C16H22N2O3. The van der Waals surface area contributed by atoms with E-state index in [1.807, 2.05) is 0 Å². The van der Waals surface area contributed by atoms with Crippen LogP contribution in [0.2, 0.25) is 0 Å². The molecule has 1 aliphatic carbocycles. The summed E-state index contributed by atoms with van der Waals surface area (Å²) in [5.74, 6) is 0.442. The van der Waals surface area contributed by atoms with E-state index >= 15 is 0 Å². The predicted molar refractivity (Wildman–Crippen MR) is 81.4 cm³/mol. The monoisotopic (exact) mass is 290 g/mol. The minimum Gasteiger partial charge on any atom is -0.481 e. The number of aliphatic carboxylic acids is 1. The molecule has 0 bridgehead atoms. The Hall–Kier alpha value is -2.04. The van der Waals surface area contributed by atoms with Crippen LogP contribution in [0.5, 0.6) is 0 Å². The van der Waals surface area contributed by atoms with Crippen LogP contribution >= 0.6 is 0 Å². The van der Waals surface area contributed by atoms with E-state index in [1.165, 1.54) is 6.42 Å². The summed E-state index contributed by atoms with van der Waals surface area (Å²) in [7, 11) is 0. The van der Waals surface area contributed by atoms with E-state index in [0.717, 1.165) is 0 Å². The highest BCUT2D eigenvalue weighted by Gasteiger charge is 2.32. The van der Waals surface area contributed by atoms with E-state index in [1.54, 1.807) is 38.1 Å². The number of amides is 2. The van der Waals surface area contributed by atoms with Gasteiger partial charge in [0.05, 0.1) is 5.41 Å². The van der Waals surface area contributed by atoms with Gasteiger partial charge in [-0.3, -0.25) is 4.79 Å². The maximum Gasteiger partial charge on any atom is 0.319 e. The first-order chi connectivity index (χ1) is 9.80. The van der Waals surface area contributed by atoms with E-state index in [2.05, 4.69) is 17.6 Å². The van der Waals surface area contributed by atoms with Gasteiger partial charge in [-0.25, -0.2) is 4.79 Å². The Bertz CT molecular complexity index is 537. The molecule has 1 aliphatic rings. The first kappa shape index (κ1) is 15.4. The van der Waals surface area contributed by atoms with Crippen molar-refractivity contribution in [1.82, 2.24) is 5.32 Å². The molecule has 21 heavy (non-hydrogen) atoms. The first-order valence-electron chi connectivity index (χ1n) is 7.19. The minimum absolute atomic E-state index is 0.223. The van der Waals surface area contributed by atoms with Gasteiger partial charge in [-0.2, -0.15) is 0 Å². The van der Waals surface area contributed by atoms with Gasteiger partial charge in [-0.05, 0) is 49.8 Å². The van der Waals surface area contributed by atoms with Crippen LogP contribution in [-0.4, -0.2) is 23.7 Å². The Balaban J connectivity index is 1.90. The van der Waals surface area contributed by atoms with Crippen LogP contribution in [0.15, 0.2) is 24.3 Å². The molecule has 114 valence electrons. The Morgan fingerprint density at radius 1 is 1.29 bits per heavy atom. The fraction of sp³-hybridized carbons (Fsp3) is 0.500. The number of benzene rings is 1. The van der Waals surface area contributed by atoms with Crippen LogP contribution in [0.25, 0.3) is 0 Å². The maximum atomic E-state index is 11.7. The normalized spacial score (nSPS) is 20.7. The molecule has 2 amide bonds. The van der Waals surface area contributed by atoms with Crippen LogP contribution in [0, 0.1) is 11.8 Å². The van der Waals surface area contributed by atoms with Crippen LogP contribution in [0.4, 0.5) is 10.5 Å². The minimum atomic E-state index is -0.942. The van der Waals surface area contributed by atoms with Gasteiger partial charge in [0.2, 0.25) is 0 Å². The summed E-state index contributed by atoms with van der Waals surface area (Å²) in [5, 5.41) is 14.8. The molecule has 0 heterocycles. The number of urea groups is 1. The molecular weight excluding hydrogens is 268 g/mol. The second-order valence-electron chi connectivity index (χ2n) is 6.32. The third kappa shape index (κ3) is 3.74. The molecule has 1 aromatic rings. The van der Waals surface area contributed by atoms with Gasteiger partial charge in [-0.1, -0.05) is 19.1 Å². The zero-order chi connectivity index (χ0) is 15.6. The Morgan fingerprint density at radius 2 is 1.86 bits per heavy atom. The number of carbonyl (C=O) groups excluding carboxylic acids is 1. The van der Waals surface area contributed by atoms with E-state index in [9.17, 15) is 14.7 Å². The zero-order valence-corrected chi connectivity index (χ0v) is 12.6. The molecule has 0 saturated heterocycles. The lowest BCUT2D eigenvalue weighted by Crippen LogP contribution is -2.31. The van der Waals surface area contributed by atoms with Crippen molar-refractivity contribution in [1.29, 1.82) is 0 Å². The van der Waals surface area contributed by atoms with E-state index in [0.29, 0.717) is 29.6 Å². The topological polar surface area (TPSA) is 78.4 Å². The van der Waals surface area contributed by atoms with Gasteiger partial charge in [0.25, 0.3) is 0 Å². The predicted octanol–water partition coefficient (Wildman–Crippen LogP) is 2.83. The lowest BCUT2D eigenvalue weighted by Gasteiger charge is -2.19. The van der Waals surface area contributed by atoms with Crippen molar-refractivity contribution >= 4 is 17.7 Å². The summed E-state index contributed by atoms with van der Waals surface area (Å²) in [4.78, 5) is 22.9. The summed E-state index contributed by atoms with van der Waals surface area (Å²) >= 11 is 0. The maximum absolute atomic E-state index is 11.7. The summed E-state index contributed by atoms with van der Waals surface area (Å²) in [5.41, 5.74) is 0.414. The highest BCUT2D eigenvalue weighted by Crippen LogP contribution is 2.36. The summed E-state index contributed by atoms with van der Waals surface area (Å²) in [6, 6.07) is 6.68. The molecule has 2 unspecified atom stereocenters. The highest BCUT2D eigenvalue weighted by atomic mass is 16.4. The molecule has 3 N–H and O–H groups in total. The fourth-order valence-corrected chi connectivity index (χ4v) is 2.18. The Kier molecular flexibility index (Phi) is 4.21. The molecule has 1 fully saturated rings. The first-order valence-corrected chi connectivity index (χ1v) is 7.19. The van der Waals surface area contributed by atoms with Crippen LogP contribution in [-0.2, 0) is 10.2 Å². The molecule has 2 atom stereocenters. The zero-order valence-electron chi connectivity index (χ0n) is 12.6. The Labute approximate surface area is 124 Å². The van der Waals surface area contributed by atoms with Gasteiger partial charge in [0.15, 0.2) is 0 Å². The van der Waals surface area contributed by atoms with Crippen molar-refractivity contribution in [2.75, 3.05) is 11.9 Å². The number of carboxylic acid groups (broad SMARTS) is 1. The molecule has 1 saturated carbocycles. The number of carboxylic acids is 1. The van der Waals surface area contributed by atoms with Crippen molar-refractivity contribution in [3.05, 3.63) is 29.8 Å². The molecule has 5 heteroatoms. The lowest BCUT2D eigenvalue weighted by molar-refractivity contribution is -0.142. The van der Waals surface area contributed by atoms with Gasteiger partial charge in [0.1, 0.15) is 0 Å². The molecule has 5 nitrogen and oxygen atoms in total. The average Bonchev–Trinajstić information content (AvgIpc) is 3.13. The van der Waals surface area contributed by atoms with Crippen LogP contribution in [0.1, 0.15) is 32.8 Å². The number of hydrogen-bond donors (Lipinski definition) is 3. The SMILES string of the molecule is CC1CC1CNC(=O)Nc1ccc(C(C)(C)C(=O)O)cc1. The summed E-state index contributed by atoms with van der Waals surface area (Å²) < 4.78 is 0. The highest BCUT2D eigenvalue weighted by molar-refractivity contribution is 5.89. The fourth-order valence-electron chi connectivity index (χ4n) is 2.18. The van der Waals surface area contributed by atoms with Crippen LogP contribution < -0.4 is 10.6 Å². The molecule has 0 aliphatic heterocycles. The van der Waals surface area contributed by atoms with Crippen molar-refractivity contribution in [3.8, 4) is 0 Å². The van der Waals surface area contributed by atoms with Crippen molar-refractivity contribution in [3.63, 3.8) is 0 Å². The number of rotatable bonds is 5. The van der Waals surface area contributed by atoms with Gasteiger partial charge in [0, 0.05) is 12.2 Å². The molecule has 0 spiro atoms. The van der Waals surface area contributed by atoms with E-state index < -0.39 is 11.4 Å². The summed E-state index contributed by atoms with van der Waals surface area (Å²) in [6.45, 7) is 6.19. The quantitative estimate of drug-likeness (QED) is 0.780. The molecule has 0 radical (unpaired) electrons. The van der Waals surface area contributed by atoms with Gasteiger partial charge >= 0.3 is 12.0 Å². The second kappa shape index (κ2) is 5.76. The number of hydrogen-bond acceptors (Lipinski definition) is 2. The largest absolute Gasteiger partial charge is 0.481 e.